The molecule has 5 heteroatoms. The van der Waals surface area contributed by atoms with E-state index in [1.807, 2.05) is 45.0 Å². The number of benzene rings is 1. The van der Waals surface area contributed by atoms with Crippen molar-refractivity contribution in [1.29, 1.82) is 0 Å². The van der Waals surface area contributed by atoms with E-state index in [4.69, 9.17) is 11.6 Å². The van der Waals surface area contributed by atoms with E-state index < -0.39 is 5.69 Å². The summed E-state index contributed by atoms with van der Waals surface area (Å²) in [5.41, 5.74) is 1.63. The number of nitrogens with one attached hydrogen (secondary N) is 1. The molecule has 0 saturated carbocycles. The molecule has 0 fully saturated rings. The van der Waals surface area contributed by atoms with Crippen LogP contribution in [0.3, 0.4) is 0 Å². The Morgan fingerprint density at radius 1 is 1.25 bits per heavy atom. The zero-order chi connectivity index (χ0) is 14.9. The Hall–Kier alpha value is -1.81. The first kappa shape index (κ1) is 14.6. The van der Waals surface area contributed by atoms with Gasteiger partial charge in [-0.25, -0.2) is 4.79 Å². The van der Waals surface area contributed by atoms with E-state index in [1.54, 1.807) is 0 Å². The van der Waals surface area contributed by atoms with Gasteiger partial charge in [0.1, 0.15) is 5.15 Å². The molecule has 1 aromatic heterocycles. The number of halogens is 1. The first-order valence-corrected chi connectivity index (χ1v) is 6.86. The normalized spacial score (nSPS) is 11.1. The van der Waals surface area contributed by atoms with Crippen molar-refractivity contribution >= 4 is 11.6 Å². The second-order valence-corrected chi connectivity index (χ2v) is 5.51. The molecule has 20 heavy (non-hydrogen) atoms. The molecule has 0 saturated heterocycles. The minimum absolute atomic E-state index is 0.0463. The van der Waals surface area contributed by atoms with E-state index in [0.29, 0.717) is 5.56 Å². The number of aryl methyl sites for hydroxylation is 1. The molecule has 0 atom stereocenters. The molecule has 0 unspecified atom stereocenters. The minimum atomic E-state index is -0.479. The fourth-order valence-electron chi connectivity index (χ4n) is 2.16. The molecule has 0 aliphatic heterocycles. The summed E-state index contributed by atoms with van der Waals surface area (Å²) in [5.74, 6) is -0.0463. The van der Waals surface area contributed by atoms with Gasteiger partial charge in [-0.1, -0.05) is 49.7 Å². The maximum atomic E-state index is 12.4. The Bertz CT molecular complexity index is 744. The molecular weight excluding hydrogens is 276 g/mol. The fourth-order valence-corrected chi connectivity index (χ4v) is 2.54. The van der Waals surface area contributed by atoms with Crippen molar-refractivity contribution in [2.75, 3.05) is 0 Å². The molecule has 0 spiro atoms. The standard InChI is InChI=1S/C15H17ClN2O2/c1-9(2)12-13(16)17-15(20)18(14(12)19)8-11-7-5-4-6-10(11)3/h4-7,9H,8H2,1-3H3,(H,17,20). The van der Waals surface area contributed by atoms with Crippen molar-refractivity contribution in [3.63, 3.8) is 0 Å². The van der Waals surface area contributed by atoms with E-state index in [0.717, 1.165) is 11.1 Å². The van der Waals surface area contributed by atoms with Crippen LogP contribution in [-0.2, 0) is 6.54 Å². The number of aromatic amines is 1. The van der Waals surface area contributed by atoms with Gasteiger partial charge in [0.05, 0.1) is 12.1 Å². The van der Waals surface area contributed by atoms with Gasteiger partial charge in [0.25, 0.3) is 5.56 Å². The molecular formula is C15H17ClN2O2. The van der Waals surface area contributed by atoms with E-state index >= 15 is 0 Å². The van der Waals surface area contributed by atoms with E-state index in [2.05, 4.69) is 4.98 Å². The van der Waals surface area contributed by atoms with Crippen LogP contribution in [0.5, 0.6) is 0 Å². The quantitative estimate of drug-likeness (QED) is 0.884. The van der Waals surface area contributed by atoms with E-state index in [-0.39, 0.29) is 23.2 Å². The van der Waals surface area contributed by atoms with Gasteiger partial charge in [-0.3, -0.25) is 14.3 Å². The molecule has 4 nitrogen and oxygen atoms in total. The molecule has 1 N–H and O–H groups in total. The first-order chi connectivity index (χ1) is 9.41. The number of rotatable bonds is 3. The molecule has 0 aliphatic rings. The second kappa shape index (κ2) is 5.67. The molecule has 106 valence electrons. The summed E-state index contributed by atoms with van der Waals surface area (Å²) < 4.78 is 1.20. The number of nitrogens with zero attached hydrogens (tertiary/aromatic N) is 1. The topological polar surface area (TPSA) is 54.9 Å². The van der Waals surface area contributed by atoms with Crippen molar-refractivity contribution in [1.82, 2.24) is 9.55 Å². The third-order valence-electron chi connectivity index (χ3n) is 3.34. The van der Waals surface area contributed by atoms with Gasteiger partial charge >= 0.3 is 5.69 Å². The number of hydrogen-bond acceptors (Lipinski definition) is 2. The maximum Gasteiger partial charge on any atom is 0.329 e. The summed E-state index contributed by atoms with van der Waals surface area (Å²) in [7, 11) is 0. The van der Waals surface area contributed by atoms with Gasteiger partial charge in [0.2, 0.25) is 0 Å². The van der Waals surface area contributed by atoms with E-state index in [1.165, 1.54) is 4.57 Å². The lowest BCUT2D eigenvalue weighted by atomic mass is 10.1. The monoisotopic (exact) mass is 292 g/mol. The lowest BCUT2D eigenvalue weighted by Gasteiger charge is -2.12. The van der Waals surface area contributed by atoms with Crippen LogP contribution in [0.2, 0.25) is 5.15 Å². The Balaban J connectivity index is 2.59. The molecule has 0 aliphatic carbocycles. The Morgan fingerprint density at radius 3 is 2.50 bits per heavy atom. The van der Waals surface area contributed by atoms with Crippen molar-refractivity contribution in [3.8, 4) is 0 Å². The van der Waals surface area contributed by atoms with Gasteiger partial charge in [0, 0.05) is 0 Å². The molecule has 0 bridgehead atoms. The van der Waals surface area contributed by atoms with Crippen LogP contribution in [-0.4, -0.2) is 9.55 Å². The molecule has 2 rings (SSSR count). The lowest BCUT2D eigenvalue weighted by molar-refractivity contribution is 0.668. The van der Waals surface area contributed by atoms with Crippen molar-refractivity contribution in [2.45, 2.75) is 33.2 Å². The zero-order valence-electron chi connectivity index (χ0n) is 11.7. The Kier molecular flexibility index (Phi) is 4.14. The smallest absolute Gasteiger partial charge is 0.297 e. The third-order valence-corrected chi connectivity index (χ3v) is 3.64. The first-order valence-electron chi connectivity index (χ1n) is 6.48. The Labute approximate surface area is 122 Å². The average molecular weight is 293 g/mol. The minimum Gasteiger partial charge on any atom is -0.297 e. The van der Waals surface area contributed by atoms with Crippen molar-refractivity contribution < 1.29 is 0 Å². The summed E-state index contributed by atoms with van der Waals surface area (Å²) in [6.07, 6.45) is 0. The van der Waals surface area contributed by atoms with Crippen LogP contribution < -0.4 is 11.2 Å². The van der Waals surface area contributed by atoms with Gasteiger partial charge in [-0.2, -0.15) is 0 Å². The highest BCUT2D eigenvalue weighted by atomic mass is 35.5. The molecule has 0 amide bonds. The highest BCUT2D eigenvalue weighted by Crippen LogP contribution is 2.16. The van der Waals surface area contributed by atoms with Crippen molar-refractivity contribution in [3.05, 3.63) is 66.9 Å². The zero-order valence-corrected chi connectivity index (χ0v) is 12.5. The van der Waals surface area contributed by atoms with Crippen LogP contribution in [0.4, 0.5) is 0 Å². The molecule has 2 aromatic rings. The molecule has 1 aromatic carbocycles. The van der Waals surface area contributed by atoms with Crippen LogP contribution in [0.1, 0.15) is 36.5 Å². The lowest BCUT2D eigenvalue weighted by Crippen LogP contribution is -2.38. The second-order valence-electron chi connectivity index (χ2n) is 5.13. The van der Waals surface area contributed by atoms with Gasteiger partial charge in [-0.15, -0.1) is 0 Å². The number of hydrogen-bond donors (Lipinski definition) is 1. The summed E-state index contributed by atoms with van der Waals surface area (Å²) in [6, 6.07) is 7.67. The number of H-pyrrole nitrogens is 1. The highest BCUT2D eigenvalue weighted by molar-refractivity contribution is 6.30. The highest BCUT2D eigenvalue weighted by Gasteiger charge is 2.16. The van der Waals surface area contributed by atoms with Crippen LogP contribution >= 0.6 is 11.6 Å². The Morgan fingerprint density at radius 2 is 1.90 bits per heavy atom. The fraction of sp³-hybridized carbons (Fsp3) is 0.333. The summed E-state index contributed by atoms with van der Waals surface area (Å²) in [5, 5.41) is 0.135. The number of aromatic nitrogens is 2. The van der Waals surface area contributed by atoms with E-state index in [9.17, 15) is 9.59 Å². The largest absolute Gasteiger partial charge is 0.329 e. The van der Waals surface area contributed by atoms with Gasteiger partial charge in [0.15, 0.2) is 0 Å². The SMILES string of the molecule is Cc1ccccc1Cn1c(=O)[nH]c(Cl)c(C(C)C)c1=O. The van der Waals surface area contributed by atoms with Gasteiger partial charge < -0.3 is 0 Å². The van der Waals surface area contributed by atoms with Gasteiger partial charge in [-0.05, 0) is 24.0 Å². The molecule has 1 heterocycles. The summed E-state index contributed by atoms with van der Waals surface area (Å²) in [4.78, 5) is 26.9. The molecule has 0 radical (unpaired) electrons. The third kappa shape index (κ3) is 2.70. The summed E-state index contributed by atoms with van der Waals surface area (Å²) in [6.45, 7) is 5.95. The predicted octanol–water partition coefficient (Wildman–Crippen LogP) is 2.67. The van der Waals surface area contributed by atoms with Crippen LogP contribution in [0.15, 0.2) is 33.9 Å². The van der Waals surface area contributed by atoms with Crippen molar-refractivity contribution in [2.24, 2.45) is 0 Å². The average Bonchev–Trinajstić information content (AvgIpc) is 2.35. The van der Waals surface area contributed by atoms with Crippen LogP contribution in [0.25, 0.3) is 0 Å². The predicted molar refractivity (Wildman–Crippen MR) is 80.7 cm³/mol. The van der Waals surface area contributed by atoms with Crippen LogP contribution in [0, 0.1) is 6.92 Å². The summed E-state index contributed by atoms with van der Waals surface area (Å²) >= 11 is 5.97. The maximum absolute atomic E-state index is 12.4.